The quantitative estimate of drug-likeness (QED) is 0.749. The molecule has 6 nitrogen and oxygen atoms in total. The van der Waals surface area contributed by atoms with Gasteiger partial charge in [-0.3, -0.25) is 5.10 Å². The molecule has 19 heavy (non-hydrogen) atoms. The Hall–Kier alpha value is -2.08. The Labute approximate surface area is 111 Å². The van der Waals surface area contributed by atoms with Crippen molar-refractivity contribution in [2.45, 2.75) is 13.0 Å². The minimum atomic E-state index is 0.228. The lowest BCUT2D eigenvalue weighted by Crippen LogP contribution is -2.49. The van der Waals surface area contributed by atoms with Crippen molar-refractivity contribution in [1.82, 2.24) is 20.5 Å². The molecule has 2 aromatic rings. The molecule has 0 spiro atoms. The van der Waals surface area contributed by atoms with Crippen molar-refractivity contribution in [2.24, 2.45) is 0 Å². The van der Waals surface area contributed by atoms with E-state index >= 15 is 0 Å². The maximum Gasteiger partial charge on any atom is 0.245 e. The van der Waals surface area contributed by atoms with Gasteiger partial charge in [-0.1, -0.05) is 12.1 Å². The van der Waals surface area contributed by atoms with Gasteiger partial charge in [0.25, 0.3) is 0 Å². The molecular formula is C13H17N5O. The van der Waals surface area contributed by atoms with Gasteiger partial charge in [-0.05, 0) is 19.1 Å². The molecule has 1 aromatic carbocycles. The summed E-state index contributed by atoms with van der Waals surface area (Å²) >= 11 is 0. The number of hydrogen-bond donors (Lipinski definition) is 3. The summed E-state index contributed by atoms with van der Waals surface area (Å²) in [5, 5.41) is 20.1. The van der Waals surface area contributed by atoms with E-state index in [9.17, 15) is 5.11 Å². The number of rotatable bonds is 2. The molecule has 1 aromatic heterocycles. The van der Waals surface area contributed by atoms with Crippen LogP contribution in [0.25, 0.3) is 11.4 Å². The highest BCUT2D eigenvalue weighted by molar-refractivity contribution is 5.58. The third-order valence-corrected chi connectivity index (χ3v) is 3.24. The Bertz CT molecular complexity index is 568. The van der Waals surface area contributed by atoms with Gasteiger partial charge in [-0.15, -0.1) is 5.10 Å². The average Bonchev–Trinajstić information content (AvgIpc) is 2.88. The topological polar surface area (TPSA) is 77.1 Å². The number of nitrogens with zero attached hydrogens (tertiary/aromatic N) is 3. The molecule has 1 fully saturated rings. The monoisotopic (exact) mass is 259 g/mol. The molecule has 0 saturated carbocycles. The van der Waals surface area contributed by atoms with Gasteiger partial charge in [0.15, 0.2) is 5.82 Å². The summed E-state index contributed by atoms with van der Waals surface area (Å²) in [4.78, 5) is 6.66. The van der Waals surface area contributed by atoms with Gasteiger partial charge in [-0.2, -0.15) is 4.98 Å². The number of phenolic OH excluding ortho intramolecular Hbond substituents is 1. The second-order valence-corrected chi connectivity index (χ2v) is 4.84. The summed E-state index contributed by atoms with van der Waals surface area (Å²) in [6, 6.07) is 7.43. The predicted molar refractivity (Wildman–Crippen MR) is 73.2 cm³/mol. The minimum Gasteiger partial charge on any atom is -0.508 e. The van der Waals surface area contributed by atoms with E-state index in [2.05, 4.69) is 32.3 Å². The maximum atomic E-state index is 9.48. The number of piperazine rings is 1. The Morgan fingerprint density at radius 1 is 1.42 bits per heavy atom. The summed E-state index contributed by atoms with van der Waals surface area (Å²) in [5.41, 5.74) is 0.835. The molecule has 3 N–H and O–H groups in total. The molecule has 2 heterocycles. The molecule has 6 heteroatoms. The number of benzene rings is 1. The van der Waals surface area contributed by atoms with Crippen LogP contribution in [-0.2, 0) is 0 Å². The normalized spacial score (nSPS) is 19.6. The Morgan fingerprint density at radius 3 is 3.11 bits per heavy atom. The van der Waals surface area contributed by atoms with Crippen LogP contribution in [-0.4, -0.2) is 46.0 Å². The molecule has 0 unspecified atom stereocenters. The smallest absolute Gasteiger partial charge is 0.245 e. The van der Waals surface area contributed by atoms with Crippen LogP contribution < -0.4 is 10.2 Å². The van der Waals surface area contributed by atoms with Crippen molar-refractivity contribution in [1.29, 1.82) is 0 Å². The lowest BCUT2D eigenvalue weighted by Gasteiger charge is -2.30. The highest BCUT2D eigenvalue weighted by Crippen LogP contribution is 2.21. The number of hydrogen-bond acceptors (Lipinski definition) is 5. The second kappa shape index (κ2) is 4.89. The van der Waals surface area contributed by atoms with Crippen LogP contribution in [0.1, 0.15) is 6.92 Å². The largest absolute Gasteiger partial charge is 0.508 e. The number of anilines is 1. The first-order valence-electron chi connectivity index (χ1n) is 6.42. The molecule has 0 amide bonds. The van der Waals surface area contributed by atoms with E-state index in [0.717, 1.165) is 25.2 Å². The minimum absolute atomic E-state index is 0.228. The SMILES string of the molecule is C[C@H]1CN(c2n[nH]c(-c3cccc(O)c3)n2)CCN1. The van der Waals surface area contributed by atoms with Crippen LogP contribution in [0, 0.1) is 0 Å². The summed E-state index contributed by atoms with van der Waals surface area (Å²) in [7, 11) is 0. The van der Waals surface area contributed by atoms with Gasteiger partial charge in [0, 0.05) is 31.2 Å². The average molecular weight is 259 g/mol. The molecular weight excluding hydrogens is 242 g/mol. The number of nitrogens with one attached hydrogen (secondary N) is 2. The van der Waals surface area contributed by atoms with Crippen molar-refractivity contribution in [3.05, 3.63) is 24.3 Å². The summed E-state index contributed by atoms with van der Waals surface area (Å²) < 4.78 is 0. The zero-order valence-corrected chi connectivity index (χ0v) is 10.8. The molecule has 1 saturated heterocycles. The third-order valence-electron chi connectivity index (χ3n) is 3.24. The second-order valence-electron chi connectivity index (χ2n) is 4.84. The van der Waals surface area contributed by atoms with Crippen molar-refractivity contribution >= 4 is 5.95 Å². The van der Waals surface area contributed by atoms with E-state index in [1.54, 1.807) is 18.2 Å². The lowest BCUT2D eigenvalue weighted by molar-refractivity contribution is 0.475. The predicted octanol–water partition coefficient (Wildman–Crippen LogP) is 0.975. The summed E-state index contributed by atoms with van der Waals surface area (Å²) in [6.07, 6.45) is 0. The third kappa shape index (κ3) is 2.53. The van der Waals surface area contributed by atoms with Gasteiger partial charge in [0.1, 0.15) is 5.75 Å². The fraction of sp³-hybridized carbons (Fsp3) is 0.385. The Kier molecular flexibility index (Phi) is 3.08. The first-order valence-corrected chi connectivity index (χ1v) is 6.42. The number of H-pyrrole nitrogens is 1. The first kappa shape index (κ1) is 12.0. The molecule has 0 bridgehead atoms. The van der Waals surface area contributed by atoms with Crippen LogP contribution in [0.3, 0.4) is 0 Å². The van der Waals surface area contributed by atoms with E-state index in [1.165, 1.54) is 0 Å². The van der Waals surface area contributed by atoms with Gasteiger partial charge < -0.3 is 15.3 Å². The molecule has 0 aliphatic carbocycles. The van der Waals surface area contributed by atoms with Gasteiger partial charge in [0.2, 0.25) is 5.95 Å². The van der Waals surface area contributed by atoms with Crippen molar-refractivity contribution in [3.63, 3.8) is 0 Å². The zero-order chi connectivity index (χ0) is 13.2. The summed E-state index contributed by atoms with van der Waals surface area (Å²) in [6.45, 7) is 4.89. The van der Waals surface area contributed by atoms with Crippen molar-refractivity contribution < 1.29 is 5.11 Å². The number of phenols is 1. The van der Waals surface area contributed by atoms with Crippen LogP contribution in [0.5, 0.6) is 5.75 Å². The summed E-state index contributed by atoms with van der Waals surface area (Å²) in [5.74, 6) is 1.62. The van der Waals surface area contributed by atoms with Gasteiger partial charge in [0.05, 0.1) is 0 Å². The van der Waals surface area contributed by atoms with Gasteiger partial charge >= 0.3 is 0 Å². The standard InChI is InChI=1S/C13H17N5O/c1-9-8-18(6-5-14-9)13-15-12(16-17-13)10-3-2-4-11(19)7-10/h2-4,7,9,14,19H,5-6,8H2,1H3,(H,15,16,17)/t9-/m0/s1. The fourth-order valence-electron chi connectivity index (χ4n) is 2.29. The van der Waals surface area contributed by atoms with E-state index in [4.69, 9.17) is 0 Å². The Morgan fingerprint density at radius 2 is 2.32 bits per heavy atom. The van der Waals surface area contributed by atoms with E-state index in [-0.39, 0.29) is 5.75 Å². The van der Waals surface area contributed by atoms with Crippen molar-refractivity contribution in [3.8, 4) is 17.1 Å². The fourth-order valence-corrected chi connectivity index (χ4v) is 2.29. The molecule has 1 aliphatic rings. The van der Waals surface area contributed by atoms with Crippen LogP contribution in [0.15, 0.2) is 24.3 Å². The van der Waals surface area contributed by atoms with E-state index < -0.39 is 0 Å². The van der Waals surface area contributed by atoms with Crippen LogP contribution in [0.2, 0.25) is 0 Å². The van der Waals surface area contributed by atoms with E-state index in [0.29, 0.717) is 17.8 Å². The first-order chi connectivity index (χ1) is 9.22. The number of aromatic hydroxyl groups is 1. The van der Waals surface area contributed by atoms with E-state index in [1.807, 2.05) is 6.07 Å². The van der Waals surface area contributed by atoms with Crippen LogP contribution >= 0.6 is 0 Å². The molecule has 1 aliphatic heterocycles. The van der Waals surface area contributed by atoms with Crippen molar-refractivity contribution in [2.75, 3.05) is 24.5 Å². The molecule has 0 radical (unpaired) electrons. The van der Waals surface area contributed by atoms with Gasteiger partial charge in [-0.25, -0.2) is 0 Å². The molecule has 100 valence electrons. The molecule has 1 atom stereocenters. The number of aromatic nitrogens is 3. The maximum absolute atomic E-state index is 9.48. The zero-order valence-electron chi connectivity index (χ0n) is 10.8. The van der Waals surface area contributed by atoms with Crippen LogP contribution in [0.4, 0.5) is 5.95 Å². The highest BCUT2D eigenvalue weighted by atomic mass is 16.3. The Balaban J connectivity index is 1.83. The molecule has 3 rings (SSSR count). The number of aromatic amines is 1. The highest BCUT2D eigenvalue weighted by Gasteiger charge is 2.19. The lowest BCUT2D eigenvalue weighted by atomic mass is 10.2.